The van der Waals surface area contributed by atoms with Gasteiger partial charge in [0.15, 0.2) is 0 Å². The highest BCUT2D eigenvalue weighted by molar-refractivity contribution is 5.44. The van der Waals surface area contributed by atoms with Crippen molar-refractivity contribution in [1.82, 2.24) is 0 Å². The largest absolute Gasteiger partial charge is 0.379 e. The summed E-state index contributed by atoms with van der Waals surface area (Å²) in [7, 11) is 0. The molecule has 0 spiro atoms. The van der Waals surface area contributed by atoms with Gasteiger partial charge in [0.05, 0.1) is 0 Å². The molecule has 3 N–H and O–H groups in total. The van der Waals surface area contributed by atoms with E-state index in [0.717, 1.165) is 22.3 Å². The Bertz CT molecular complexity index is 503. The average molecular weight is 241 g/mol. The van der Waals surface area contributed by atoms with Crippen LogP contribution in [0, 0.1) is 13.8 Å². The fourth-order valence-corrected chi connectivity index (χ4v) is 2.44. The van der Waals surface area contributed by atoms with Gasteiger partial charge in [-0.2, -0.15) is 0 Å². The van der Waals surface area contributed by atoms with Gasteiger partial charge < -0.3 is 10.8 Å². The number of hydrogen-bond acceptors (Lipinski definition) is 2. The quantitative estimate of drug-likeness (QED) is 0.867. The van der Waals surface area contributed by atoms with Crippen LogP contribution in [0.15, 0.2) is 48.5 Å². The molecular formula is C16H19NO. The summed E-state index contributed by atoms with van der Waals surface area (Å²) in [5.41, 5.74) is 8.60. The second-order valence-electron chi connectivity index (χ2n) is 4.69. The lowest BCUT2D eigenvalue weighted by atomic mass is 9.82. The molecule has 94 valence electrons. The molecule has 0 unspecified atom stereocenters. The monoisotopic (exact) mass is 241 g/mol. The minimum absolute atomic E-state index is 0.169. The Morgan fingerprint density at radius 1 is 0.889 bits per heavy atom. The SMILES string of the molecule is Cc1ccccc1C(O)(CN)c1ccccc1C. The third-order valence-corrected chi connectivity index (χ3v) is 3.48. The molecule has 0 aliphatic carbocycles. The second-order valence-corrected chi connectivity index (χ2v) is 4.69. The summed E-state index contributed by atoms with van der Waals surface area (Å²) >= 11 is 0. The van der Waals surface area contributed by atoms with Crippen LogP contribution in [-0.4, -0.2) is 11.7 Å². The van der Waals surface area contributed by atoms with Crippen molar-refractivity contribution in [2.24, 2.45) is 5.73 Å². The molecule has 0 bridgehead atoms. The van der Waals surface area contributed by atoms with Crippen LogP contribution in [0.5, 0.6) is 0 Å². The van der Waals surface area contributed by atoms with Crippen LogP contribution in [0.25, 0.3) is 0 Å². The first-order valence-corrected chi connectivity index (χ1v) is 6.14. The van der Waals surface area contributed by atoms with Crippen LogP contribution in [0.4, 0.5) is 0 Å². The molecule has 0 radical (unpaired) electrons. The molecule has 0 heterocycles. The first-order chi connectivity index (χ1) is 8.59. The standard InChI is InChI=1S/C16H19NO/c1-12-7-3-5-9-14(12)16(18,11-17)15-10-6-4-8-13(15)2/h3-10,18H,11,17H2,1-2H3. The fourth-order valence-electron chi connectivity index (χ4n) is 2.44. The van der Waals surface area contributed by atoms with E-state index in [-0.39, 0.29) is 6.54 Å². The van der Waals surface area contributed by atoms with E-state index < -0.39 is 5.60 Å². The van der Waals surface area contributed by atoms with Crippen LogP contribution >= 0.6 is 0 Å². The number of benzene rings is 2. The van der Waals surface area contributed by atoms with E-state index in [2.05, 4.69) is 0 Å². The zero-order valence-electron chi connectivity index (χ0n) is 10.9. The van der Waals surface area contributed by atoms with Crippen LogP contribution in [0.2, 0.25) is 0 Å². The van der Waals surface area contributed by atoms with Crippen LogP contribution in [0.3, 0.4) is 0 Å². The zero-order chi connectivity index (χ0) is 13.2. The molecule has 0 fully saturated rings. The van der Waals surface area contributed by atoms with E-state index >= 15 is 0 Å². The van der Waals surface area contributed by atoms with Crippen molar-refractivity contribution >= 4 is 0 Å². The number of hydrogen-bond donors (Lipinski definition) is 2. The summed E-state index contributed by atoms with van der Waals surface area (Å²) in [6.45, 7) is 4.16. The smallest absolute Gasteiger partial charge is 0.127 e. The number of nitrogens with two attached hydrogens (primary N) is 1. The Kier molecular flexibility index (Phi) is 3.50. The molecule has 0 atom stereocenters. The van der Waals surface area contributed by atoms with Gasteiger partial charge in [0, 0.05) is 6.54 Å². The molecule has 0 aromatic heterocycles. The Hall–Kier alpha value is -1.64. The topological polar surface area (TPSA) is 46.2 Å². The lowest BCUT2D eigenvalue weighted by Crippen LogP contribution is -2.37. The maximum Gasteiger partial charge on any atom is 0.127 e. The van der Waals surface area contributed by atoms with Crippen molar-refractivity contribution in [3.63, 3.8) is 0 Å². The minimum Gasteiger partial charge on any atom is -0.379 e. The molecular weight excluding hydrogens is 222 g/mol. The molecule has 0 amide bonds. The van der Waals surface area contributed by atoms with E-state index in [4.69, 9.17) is 5.73 Å². The van der Waals surface area contributed by atoms with E-state index in [1.165, 1.54) is 0 Å². The average Bonchev–Trinajstić information content (AvgIpc) is 2.39. The molecule has 0 saturated heterocycles. The molecule has 2 heteroatoms. The van der Waals surface area contributed by atoms with Crippen molar-refractivity contribution in [1.29, 1.82) is 0 Å². The molecule has 18 heavy (non-hydrogen) atoms. The van der Waals surface area contributed by atoms with Crippen molar-refractivity contribution in [2.75, 3.05) is 6.54 Å². The Labute approximate surface area is 108 Å². The molecule has 0 saturated carbocycles. The Balaban J connectivity index is 2.63. The molecule has 2 aromatic rings. The third kappa shape index (κ3) is 2.05. The highest BCUT2D eigenvalue weighted by Crippen LogP contribution is 2.32. The summed E-state index contributed by atoms with van der Waals surface area (Å²) in [6.07, 6.45) is 0. The molecule has 0 aliphatic heterocycles. The zero-order valence-corrected chi connectivity index (χ0v) is 10.9. The number of rotatable bonds is 3. The maximum atomic E-state index is 11.0. The second kappa shape index (κ2) is 4.92. The normalized spacial score (nSPS) is 11.6. The first-order valence-electron chi connectivity index (χ1n) is 6.14. The van der Waals surface area contributed by atoms with E-state index in [0.29, 0.717) is 0 Å². The van der Waals surface area contributed by atoms with Gasteiger partial charge in [-0.15, -0.1) is 0 Å². The summed E-state index contributed by atoms with van der Waals surface area (Å²) in [5.74, 6) is 0. The minimum atomic E-state index is -1.11. The van der Waals surface area contributed by atoms with Crippen LogP contribution in [-0.2, 0) is 5.60 Å². The molecule has 2 aromatic carbocycles. The highest BCUT2D eigenvalue weighted by atomic mass is 16.3. The Morgan fingerprint density at radius 2 is 1.28 bits per heavy atom. The lowest BCUT2D eigenvalue weighted by molar-refractivity contribution is 0.0889. The molecule has 0 aliphatic rings. The summed E-state index contributed by atoms with van der Waals surface area (Å²) in [6, 6.07) is 15.7. The predicted molar refractivity (Wildman–Crippen MR) is 74.4 cm³/mol. The van der Waals surface area contributed by atoms with Gasteiger partial charge in [-0.25, -0.2) is 0 Å². The fraction of sp³-hybridized carbons (Fsp3) is 0.250. The van der Waals surface area contributed by atoms with Gasteiger partial charge in [0.2, 0.25) is 0 Å². The molecule has 2 rings (SSSR count). The maximum absolute atomic E-state index is 11.0. The van der Waals surface area contributed by atoms with Crippen molar-refractivity contribution < 1.29 is 5.11 Å². The van der Waals surface area contributed by atoms with Gasteiger partial charge in [-0.1, -0.05) is 48.5 Å². The van der Waals surface area contributed by atoms with Gasteiger partial charge >= 0.3 is 0 Å². The highest BCUT2D eigenvalue weighted by Gasteiger charge is 2.32. The van der Waals surface area contributed by atoms with Gasteiger partial charge in [0.1, 0.15) is 5.60 Å². The number of aliphatic hydroxyl groups is 1. The van der Waals surface area contributed by atoms with E-state index in [1.807, 2.05) is 62.4 Å². The summed E-state index contributed by atoms with van der Waals surface area (Å²) in [5, 5.41) is 11.0. The third-order valence-electron chi connectivity index (χ3n) is 3.48. The van der Waals surface area contributed by atoms with Gasteiger partial charge in [0.25, 0.3) is 0 Å². The predicted octanol–water partition coefficient (Wildman–Crippen LogP) is 2.50. The summed E-state index contributed by atoms with van der Waals surface area (Å²) < 4.78 is 0. The van der Waals surface area contributed by atoms with Gasteiger partial charge in [-0.3, -0.25) is 0 Å². The summed E-state index contributed by atoms with van der Waals surface area (Å²) in [4.78, 5) is 0. The van der Waals surface area contributed by atoms with Crippen LogP contribution < -0.4 is 5.73 Å². The van der Waals surface area contributed by atoms with Gasteiger partial charge in [-0.05, 0) is 36.1 Å². The number of aryl methyl sites for hydroxylation is 2. The van der Waals surface area contributed by atoms with E-state index in [1.54, 1.807) is 0 Å². The van der Waals surface area contributed by atoms with Crippen LogP contribution in [0.1, 0.15) is 22.3 Å². The van der Waals surface area contributed by atoms with E-state index in [9.17, 15) is 5.11 Å². The lowest BCUT2D eigenvalue weighted by Gasteiger charge is -2.30. The molecule has 2 nitrogen and oxygen atoms in total. The Morgan fingerprint density at radius 3 is 1.61 bits per heavy atom. The van der Waals surface area contributed by atoms with Crippen molar-refractivity contribution in [3.8, 4) is 0 Å². The van der Waals surface area contributed by atoms with Crippen molar-refractivity contribution in [2.45, 2.75) is 19.4 Å². The first kappa shape index (κ1) is 12.8. The van der Waals surface area contributed by atoms with Crippen molar-refractivity contribution in [3.05, 3.63) is 70.8 Å².